The van der Waals surface area contributed by atoms with Gasteiger partial charge >= 0.3 is 12.0 Å². The van der Waals surface area contributed by atoms with Crippen LogP contribution in [0.15, 0.2) is 24.3 Å². The van der Waals surface area contributed by atoms with Gasteiger partial charge in [0.05, 0.1) is 7.11 Å². The lowest BCUT2D eigenvalue weighted by atomic mass is 10.0. The van der Waals surface area contributed by atoms with E-state index in [0.29, 0.717) is 12.3 Å². The zero-order valence-electron chi connectivity index (χ0n) is 11.6. The number of benzene rings is 1. The van der Waals surface area contributed by atoms with Crippen molar-refractivity contribution in [3.63, 3.8) is 0 Å². The first-order valence-corrected chi connectivity index (χ1v) is 6.23. The number of methoxy groups -OCH3 is 1. The highest BCUT2D eigenvalue weighted by Gasteiger charge is 2.26. The van der Waals surface area contributed by atoms with Crippen molar-refractivity contribution in [2.45, 2.75) is 32.9 Å². The fourth-order valence-corrected chi connectivity index (χ4v) is 1.62. The van der Waals surface area contributed by atoms with Crippen LogP contribution >= 0.6 is 0 Å². The summed E-state index contributed by atoms with van der Waals surface area (Å²) in [7, 11) is 1.60. The maximum Gasteiger partial charge on any atom is 0.390 e. The number of rotatable bonds is 6. The summed E-state index contributed by atoms with van der Waals surface area (Å²) < 4.78 is 10.2. The largest absolute Gasteiger partial charge is 0.497 e. The first-order chi connectivity index (χ1) is 9.06. The van der Waals surface area contributed by atoms with E-state index in [2.05, 4.69) is 4.85 Å². The molecule has 19 heavy (non-hydrogen) atoms. The molecule has 0 N–H and O–H groups in total. The van der Waals surface area contributed by atoms with Crippen LogP contribution in [0, 0.1) is 12.5 Å². The van der Waals surface area contributed by atoms with Gasteiger partial charge in [-0.2, -0.15) is 0 Å². The Hall–Kier alpha value is -2.02. The molecule has 1 atom stereocenters. The Kier molecular flexibility index (Phi) is 5.87. The van der Waals surface area contributed by atoms with E-state index in [1.165, 1.54) is 0 Å². The average molecular weight is 261 g/mol. The number of esters is 1. The molecule has 1 rings (SSSR count). The molecule has 0 aliphatic heterocycles. The molecule has 0 aliphatic carbocycles. The summed E-state index contributed by atoms with van der Waals surface area (Å²) in [6.45, 7) is 11.2. The zero-order chi connectivity index (χ0) is 14.3. The molecule has 0 aliphatic rings. The number of carbonyl (C=O) groups excluding carboxylic acids is 1. The minimum Gasteiger partial charge on any atom is -0.497 e. The van der Waals surface area contributed by atoms with Gasteiger partial charge in [-0.05, 0) is 23.6 Å². The third kappa shape index (κ3) is 5.01. The maximum atomic E-state index is 11.7. The van der Waals surface area contributed by atoms with Gasteiger partial charge in [0.1, 0.15) is 12.4 Å². The Morgan fingerprint density at radius 3 is 2.42 bits per heavy atom. The Labute approximate surface area is 114 Å². The fraction of sp³-hybridized carbons (Fsp3) is 0.467. The number of hydrogen-bond donors (Lipinski definition) is 0. The quantitative estimate of drug-likeness (QED) is 0.583. The minimum atomic E-state index is -0.696. The van der Waals surface area contributed by atoms with E-state index in [-0.39, 0.29) is 6.61 Å². The van der Waals surface area contributed by atoms with Crippen LogP contribution in [0.5, 0.6) is 5.75 Å². The van der Waals surface area contributed by atoms with Crippen LogP contribution in [0.3, 0.4) is 0 Å². The molecule has 0 spiro atoms. The van der Waals surface area contributed by atoms with Crippen molar-refractivity contribution >= 4 is 5.97 Å². The van der Waals surface area contributed by atoms with Gasteiger partial charge in [0.25, 0.3) is 0 Å². The normalized spacial score (nSPS) is 11.7. The number of carbonyl (C=O) groups is 1. The van der Waals surface area contributed by atoms with Crippen molar-refractivity contribution < 1.29 is 14.3 Å². The van der Waals surface area contributed by atoms with Gasteiger partial charge in [0, 0.05) is 6.42 Å². The number of nitrogens with zero attached hydrogens (tertiary/aromatic N) is 1. The first kappa shape index (κ1) is 15.0. The van der Waals surface area contributed by atoms with Crippen LogP contribution in [0.2, 0.25) is 0 Å². The molecule has 0 heterocycles. The lowest BCUT2D eigenvalue weighted by Crippen LogP contribution is -2.21. The van der Waals surface area contributed by atoms with Crippen molar-refractivity contribution in [3.05, 3.63) is 41.2 Å². The van der Waals surface area contributed by atoms with E-state index in [0.717, 1.165) is 11.3 Å². The van der Waals surface area contributed by atoms with Crippen LogP contribution in [0.25, 0.3) is 4.85 Å². The van der Waals surface area contributed by atoms with Crippen molar-refractivity contribution in [1.29, 1.82) is 0 Å². The highest BCUT2D eigenvalue weighted by Crippen LogP contribution is 2.14. The van der Waals surface area contributed by atoms with Gasteiger partial charge in [-0.25, -0.2) is 11.4 Å². The maximum absolute atomic E-state index is 11.7. The zero-order valence-corrected chi connectivity index (χ0v) is 11.6. The van der Waals surface area contributed by atoms with E-state index in [1.54, 1.807) is 7.11 Å². The van der Waals surface area contributed by atoms with Gasteiger partial charge in [-0.1, -0.05) is 26.0 Å². The Balaban J connectivity index is 2.50. The molecular formula is C15H19NO3. The Morgan fingerprint density at radius 2 is 1.95 bits per heavy atom. The van der Waals surface area contributed by atoms with Crippen LogP contribution in [-0.4, -0.2) is 19.1 Å². The molecule has 1 aromatic rings. The summed E-state index contributed by atoms with van der Waals surface area (Å²) in [5, 5.41) is 0. The molecule has 0 fully saturated rings. The summed E-state index contributed by atoms with van der Waals surface area (Å²) in [5.74, 6) is 0.612. The first-order valence-electron chi connectivity index (χ1n) is 6.23. The molecule has 0 amide bonds. The van der Waals surface area contributed by atoms with E-state index < -0.39 is 12.0 Å². The summed E-state index contributed by atoms with van der Waals surface area (Å²) in [6.07, 6.45) is 0.533. The summed E-state index contributed by atoms with van der Waals surface area (Å²) in [5.41, 5.74) is 0.877. The second kappa shape index (κ2) is 7.42. The molecule has 0 saturated carbocycles. The molecule has 102 valence electrons. The molecule has 0 radical (unpaired) electrons. The van der Waals surface area contributed by atoms with Gasteiger partial charge in [0.2, 0.25) is 0 Å². The van der Waals surface area contributed by atoms with Crippen molar-refractivity contribution in [2.75, 3.05) is 7.11 Å². The monoisotopic (exact) mass is 261 g/mol. The number of ether oxygens (including phenoxy) is 2. The molecular weight excluding hydrogens is 242 g/mol. The SMILES string of the molecule is [C-]#[N+]C(CC(C)C)C(=O)OCc1ccc(OC)cc1. The minimum absolute atomic E-state index is 0.187. The Bertz CT molecular complexity index is 445. The summed E-state index contributed by atoms with van der Waals surface area (Å²) >= 11 is 0. The second-order valence-electron chi connectivity index (χ2n) is 4.73. The van der Waals surface area contributed by atoms with E-state index >= 15 is 0 Å². The lowest BCUT2D eigenvalue weighted by Gasteiger charge is -2.09. The molecule has 1 aromatic carbocycles. The van der Waals surface area contributed by atoms with Crippen molar-refractivity contribution in [2.24, 2.45) is 5.92 Å². The topological polar surface area (TPSA) is 39.9 Å². The third-order valence-electron chi connectivity index (χ3n) is 2.66. The Morgan fingerprint density at radius 1 is 1.32 bits per heavy atom. The van der Waals surface area contributed by atoms with E-state index in [1.807, 2.05) is 38.1 Å². The van der Waals surface area contributed by atoms with E-state index in [4.69, 9.17) is 16.0 Å². The van der Waals surface area contributed by atoms with Crippen LogP contribution in [0.4, 0.5) is 0 Å². The predicted molar refractivity (Wildman–Crippen MR) is 72.6 cm³/mol. The van der Waals surface area contributed by atoms with Crippen LogP contribution in [-0.2, 0) is 16.1 Å². The smallest absolute Gasteiger partial charge is 0.390 e. The summed E-state index contributed by atoms with van der Waals surface area (Å²) in [6, 6.07) is 6.59. The molecule has 1 unspecified atom stereocenters. The van der Waals surface area contributed by atoms with Crippen molar-refractivity contribution in [1.82, 2.24) is 0 Å². The predicted octanol–water partition coefficient (Wildman–Crippen LogP) is 3.07. The highest BCUT2D eigenvalue weighted by molar-refractivity contribution is 5.77. The average Bonchev–Trinajstić information content (AvgIpc) is 2.42. The van der Waals surface area contributed by atoms with Gasteiger partial charge in [0.15, 0.2) is 0 Å². The molecule has 0 aromatic heterocycles. The highest BCUT2D eigenvalue weighted by atomic mass is 16.5. The molecule has 0 saturated heterocycles. The summed E-state index contributed by atoms with van der Waals surface area (Å²) in [4.78, 5) is 15.1. The van der Waals surface area contributed by atoms with Gasteiger partial charge in [-0.15, -0.1) is 0 Å². The van der Waals surface area contributed by atoms with Gasteiger partial charge < -0.3 is 14.3 Å². The van der Waals surface area contributed by atoms with Crippen molar-refractivity contribution in [3.8, 4) is 5.75 Å². The second-order valence-corrected chi connectivity index (χ2v) is 4.73. The fourth-order valence-electron chi connectivity index (χ4n) is 1.62. The number of hydrogen-bond acceptors (Lipinski definition) is 3. The van der Waals surface area contributed by atoms with Crippen LogP contribution < -0.4 is 4.74 Å². The molecule has 4 nitrogen and oxygen atoms in total. The molecule has 4 heteroatoms. The standard InChI is InChI=1S/C15H19NO3/c1-11(2)9-14(16-3)15(17)19-10-12-5-7-13(18-4)8-6-12/h5-8,11,14H,9-10H2,1-2,4H3. The van der Waals surface area contributed by atoms with Crippen LogP contribution in [0.1, 0.15) is 25.8 Å². The third-order valence-corrected chi connectivity index (χ3v) is 2.66. The van der Waals surface area contributed by atoms with E-state index in [9.17, 15) is 4.79 Å². The molecule has 0 bridgehead atoms. The van der Waals surface area contributed by atoms with Gasteiger partial charge in [-0.3, -0.25) is 0 Å². The lowest BCUT2D eigenvalue weighted by molar-refractivity contribution is -0.145.